The predicted molar refractivity (Wildman–Crippen MR) is 93.4 cm³/mol. The van der Waals surface area contributed by atoms with Crippen molar-refractivity contribution in [2.45, 2.75) is 53.4 Å². The molecule has 1 saturated heterocycles. The number of carbonyl (C=O) groups excluding carboxylic acids is 2. The summed E-state index contributed by atoms with van der Waals surface area (Å²) in [6, 6.07) is 5.81. The Morgan fingerprint density at radius 1 is 1.00 bits per heavy atom. The molecule has 0 atom stereocenters. The Hall–Kier alpha value is -1.84. The lowest BCUT2D eigenvalue weighted by Crippen LogP contribution is -2.47. The smallest absolute Gasteiger partial charge is 0.239 e. The molecule has 0 unspecified atom stereocenters. The number of hydrogen-bond donors (Lipinski definition) is 1. The van der Waals surface area contributed by atoms with Crippen molar-refractivity contribution < 1.29 is 9.59 Å². The number of nitrogens with one attached hydrogen (secondary N) is 1. The molecule has 0 aliphatic carbocycles. The largest absolute Gasteiger partial charge is 0.342 e. The minimum Gasteiger partial charge on any atom is -0.342 e. The maximum Gasteiger partial charge on any atom is 0.239 e. The summed E-state index contributed by atoms with van der Waals surface area (Å²) in [5.41, 5.74) is 2.00. The monoisotopic (exact) mass is 316 g/mol. The zero-order valence-corrected chi connectivity index (χ0v) is 14.7. The highest BCUT2D eigenvalue weighted by molar-refractivity contribution is 6.09. The van der Waals surface area contributed by atoms with E-state index in [0.29, 0.717) is 0 Å². The van der Waals surface area contributed by atoms with E-state index >= 15 is 0 Å². The van der Waals surface area contributed by atoms with Gasteiger partial charge in [-0.15, -0.1) is 0 Å². The Bertz CT molecular complexity index is 585. The van der Waals surface area contributed by atoms with Crippen molar-refractivity contribution in [1.29, 1.82) is 0 Å². The Morgan fingerprint density at radius 2 is 1.61 bits per heavy atom. The highest BCUT2D eigenvalue weighted by Gasteiger charge is 2.39. The van der Waals surface area contributed by atoms with E-state index in [1.807, 2.05) is 36.9 Å². The molecule has 126 valence electrons. The molecule has 0 saturated carbocycles. The first-order valence-electron chi connectivity index (χ1n) is 8.50. The van der Waals surface area contributed by atoms with E-state index in [4.69, 9.17) is 0 Å². The van der Waals surface area contributed by atoms with E-state index in [-0.39, 0.29) is 11.8 Å². The van der Waals surface area contributed by atoms with Crippen LogP contribution in [0, 0.1) is 19.3 Å². The van der Waals surface area contributed by atoms with Crippen molar-refractivity contribution in [3.05, 3.63) is 29.3 Å². The number of nitrogens with zero attached hydrogens (tertiary/aromatic N) is 1. The van der Waals surface area contributed by atoms with Crippen molar-refractivity contribution in [3.8, 4) is 0 Å². The highest BCUT2D eigenvalue weighted by Crippen LogP contribution is 2.24. The van der Waals surface area contributed by atoms with Gasteiger partial charge in [0.15, 0.2) is 0 Å². The van der Waals surface area contributed by atoms with E-state index in [2.05, 4.69) is 5.32 Å². The summed E-state index contributed by atoms with van der Waals surface area (Å²) in [4.78, 5) is 27.3. The van der Waals surface area contributed by atoms with Crippen LogP contribution in [0.2, 0.25) is 0 Å². The molecule has 0 bridgehead atoms. The molecule has 1 fully saturated rings. The number of hydrogen-bond acceptors (Lipinski definition) is 2. The van der Waals surface area contributed by atoms with E-state index < -0.39 is 5.41 Å². The first-order valence-corrected chi connectivity index (χ1v) is 8.50. The molecule has 4 nitrogen and oxygen atoms in total. The van der Waals surface area contributed by atoms with Crippen molar-refractivity contribution in [2.75, 3.05) is 18.4 Å². The first-order chi connectivity index (χ1) is 10.8. The molecule has 1 N–H and O–H groups in total. The van der Waals surface area contributed by atoms with Crippen molar-refractivity contribution in [1.82, 2.24) is 4.90 Å². The van der Waals surface area contributed by atoms with E-state index in [1.165, 1.54) is 18.4 Å². The fourth-order valence-electron chi connectivity index (χ4n) is 2.87. The number of amides is 2. The molecule has 1 aromatic carbocycles. The van der Waals surface area contributed by atoms with Crippen molar-refractivity contribution in [2.24, 2.45) is 5.41 Å². The van der Waals surface area contributed by atoms with Gasteiger partial charge in [-0.05, 0) is 63.8 Å². The van der Waals surface area contributed by atoms with Crippen LogP contribution >= 0.6 is 0 Å². The van der Waals surface area contributed by atoms with E-state index in [0.717, 1.165) is 37.2 Å². The quantitative estimate of drug-likeness (QED) is 0.865. The molecule has 4 heteroatoms. The average Bonchev–Trinajstić information content (AvgIpc) is 2.79. The second-order valence-corrected chi connectivity index (χ2v) is 7.08. The van der Waals surface area contributed by atoms with Crippen LogP contribution in [-0.4, -0.2) is 29.8 Å². The molecule has 2 rings (SSSR count). The average molecular weight is 316 g/mol. The summed E-state index contributed by atoms with van der Waals surface area (Å²) in [6.07, 6.45) is 4.39. The molecule has 1 heterocycles. The summed E-state index contributed by atoms with van der Waals surface area (Å²) in [7, 11) is 0. The zero-order valence-electron chi connectivity index (χ0n) is 14.7. The third kappa shape index (κ3) is 4.12. The molecule has 0 radical (unpaired) electrons. The van der Waals surface area contributed by atoms with Crippen LogP contribution in [-0.2, 0) is 9.59 Å². The summed E-state index contributed by atoms with van der Waals surface area (Å²) < 4.78 is 0. The molecular weight excluding hydrogens is 288 g/mol. The van der Waals surface area contributed by atoms with Gasteiger partial charge in [-0.25, -0.2) is 0 Å². The highest BCUT2D eigenvalue weighted by atomic mass is 16.2. The van der Waals surface area contributed by atoms with Gasteiger partial charge in [0.1, 0.15) is 5.41 Å². The lowest BCUT2D eigenvalue weighted by atomic mass is 9.90. The number of anilines is 1. The number of carbonyl (C=O) groups is 2. The van der Waals surface area contributed by atoms with Crippen molar-refractivity contribution in [3.63, 3.8) is 0 Å². The van der Waals surface area contributed by atoms with Crippen LogP contribution in [0.25, 0.3) is 0 Å². The Morgan fingerprint density at radius 3 is 2.17 bits per heavy atom. The fraction of sp³-hybridized carbons (Fsp3) is 0.579. The third-order valence-corrected chi connectivity index (χ3v) is 4.76. The number of likely N-dealkylation sites (tertiary alicyclic amines) is 1. The van der Waals surface area contributed by atoms with Gasteiger partial charge in [0.05, 0.1) is 0 Å². The van der Waals surface area contributed by atoms with E-state index in [1.54, 1.807) is 13.8 Å². The summed E-state index contributed by atoms with van der Waals surface area (Å²) in [5, 5.41) is 2.90. The fourth-order valence-corrected chi connectivity index (χ4v) is 2.87. The van der Waals surface area contributed by atoms with Crippen LogP contribution in [0.15, 0.2) is 18.2 Å². The lowest BCUT2D eigenvalue weighted by Gasteiger charge is -2.30. The van der Waals surface area contributed by atoms with Crippen molar-refractivity contribution >= 4 is 17.5 Å². The third-order valence-electron chi connectivity index (χ3n) is 4.76. The Kier molecular flexibility index (Phi) is 5.45. The topological polar surface area (TPSA) is 49.4 Å². The second kappa shape index (κ2) is 7.16. The summed E-state index contributed by atoms with van der Waals surface area (Å²) >= 11 is 0. The molecular formula is C19H28N2O2. The van der Waals surface area contributed by atoms with E-state index in [9.17, 15) is 9.59 Å². The molecule has 1 aliphatic heterocycles. The van der Waals surface area contributed by atoms with Gasteiger partial charge < -0.3 is 10.2 Å². The summed E-state index contributed by atoms with van der Waals surface area (Å²) in [6.45, 7) is 9.01. The van der Waals surface area contributed by atoms with Crippen LogP contribution in [0.5, 0.6) is 0 Å². The SMILES string of the molecule is Cc1ccc(NC(=O)C(C)(C)C(=O)N2CCCCCC2)cc1C. The van der Waals surface area contributed by atoms with Gasteiger partial charge in [0, 0.05) is 18.8 Å². The maximum absolute atomic E-state index is 12.8. The summed E-state index contributed by atoms with van der Waals surface area (Å²) in [5.74, 6) is -0.310. The zero-order chi connectivity index (χ0) is 17.0. The van der Waals surface area contributed by atoms with Gasteiger partial charge in [0.25, 0.3) is 0 Å². The molecule has 0 spiro atoms. The molecule has 23 heavy (non-hydrogen) atoms. The Labute approximate surface area is 139 Å². The standard InChI is InChI=1S/C19H28N2O2/c1-14-9-10-16(13-15(14)2)20-17(22)19(3,4)18(23)21-11-7-5-6-8-12-21/h9-10,13H,5-8,11-12H2,1-4H3,(H,20,22). The molecule has 2 amide bonds. The minimum absolute atomic E-state index is 0.0688. The van der Waals surface area contributed by atoms with Crippen LogP contribution in [0.1, 0.15) is 50.7 Å². The number of rotatable bonds is 3. The lowest BCUT2D eigenvalue weighted by molar-refractivity contribution is -0.146. The van der Waals surface area contributed by atoms with Gasteiger partial charge in [-0.2, -0.15) is 0 Å². The maximum atomic E-state index is 12.8. The van der Waals surface area contributed by atoms with Gasteiger partial charge >= 0.3 is 0 Å². The van der Waals surface area contributed by atoms with Gasteiger partial charge in [0.2, 0.25) is 11.8 Å². The van der Waals surface area contributed by atoms with Crippen LogP contribution in [0.3, 0.4) is 0 Å². The van der Waals surface area contributed by atoms with Gasteiger partial charge in [-0.1, -0.05) is 18.9 Å². The first kappa shape index (κ1) is 17.5. The minimum atomic E-state index is -1.05. The Balaban J connectivity index is 2.08. The predicted octanol–water partition coefficient (Wildman–Crippen LogP) is 3.67. The van der Waals surface area contributed by atoms with Crippen LogP contribution in [0.4, 0.5) is 5.69 Å². The molecule has 1 aromatic rings. The second-order valence-electron chi connectivity index (χ2n) is 7.08. The molecule has 0 aromatic heterocycles. The van der Waals surface area contributed by atoms with Crippen LogP contribution < -0.4 is 5.32 Å². The normalized spacial score (nSPS) is 15.9. The van der Waals surface area contributed by atoms with Gasteiger partial charge in [-0.3, -0.25) is 9.59 Å². The number of aryl methyl sites for hydroxylation is 2. The number of benzene rings is 1. The molecule has 1 aliphatic rings.